The Morgan fingerprint density at radius 2 is 2.21 bits per heavy atom. The number of carbonyl (C=O) groups is 1. The minimum absolute atomic E-state index is 0.0399. The summed E-state index contributed by atoms with van der Waals surface area (Å²) >= 11 is 5.07. The van der Waals surface area contributed by atoms with Crippen LogP contribution in [0.5, 0.6) is 0 Å². The third-order valence-corrected chi connectivity index (χ3v) is 4.92. The van der Waals surface area contributed by atoms with E-state index in [-0.39, 0.29) is 12.0 Å². The zero-order chi connectivity index (χ0) is 14.2. The summed E-state index contributed by atoms with van der Waals surface area (Å²) in [6.07, 6.45) is -0.899. The van der Waals surface area contributed by atoms with Gasteiger partial charge in [0.25, 0.3) is 0 Å². The molecular formula is C13H18BrNO3S. The van der Waals surface area contributed by atoms with E-state index in [0.717, 1.165) is 9.35 Å². The fourth-order valence-corrected chi connectivity index (χ4v) is 3.91. The molecule has 1 aromatic rings. The number of thiophene rings is 1. The molecule has 0 aromatic carbocycles. The molecule has 1 aliphatic heterocycles. The van der Waals surface area contributed by atoms with Crippen molar-refractivity contribution in [2.75, 3.05) is 13.1 Å². The Hall–Kier alpha value is -0.590. The lowest BCUT2D eigenvalue weighted by molar-refractivity contribution is 0.0270. The summed E-state index contributed by atoms with van der Waals surface area (Å²) in [5.74, 6) is -0.0399. The molecule has 1 fully saturated rings. The van der Waals surface area contributed by atoms with Gasteiger partial charge in [-0.05, 0) is 48.1 Å². The van der Waals surface area contributed by atoms with Crippen LogP contribution in [0.25, 0.3) is 0 Å². The van der Waals surface area contributed by atoms with Crippen molar-refractivity contribution in [2.45, 2.75) is 38.4 Å². The molecule has 6 heteroatoms. The number of hydrogen-bond acceptors (Lipinski definition) is 4. The molecule has 0 aliphatic carbocycles. The predicted octanol–water partition coefficient (Wildman–Crippen LogP) is 3.21. The standard InChI is InChI=1S/C13H18BrNO3S/c1-13(2,3)18-12(17)15-6-8(10(16)7-15)11-9(14)4-5-19-11/h4-5,8,10,16H,6-7H2,1-3H3/t8-,10-/m0/s1. The molecule has 19 heavy (non-hydrogen) atoms. The van der Waals surface area contributed by atoms with Gasteiger partial charge in [-0.15, -0.1) is 11.3 Å². The highest BCUT2D eigenvalue weighted by Gasteiger charge is 2.38. The van der Waals surface area contributed by atoms with Gasteiger partial charge in [0.05, 0.1) is 12.6 Å². The molecule has 1 saturated heterocycles. The highest BCUT2D eigenvalue weighted by Crippen LogP contribution is 2.36. The summed E-state index contributed by atoms with van der Waals surface area (Å²) < 4.78 is 6.33. The third kappa shape index (κ3) is 3.49. The lowest BCUT2D eigenvalue weighted by Gasteiger charge is -2.24. The lowest BCUT2D eigenvalue weighted by atomic mass is 10.1. The first-order valence-corrected chi connectivity index (χ1v) is 7.84. The minimum atomic E-state index is -0.539. The van der Waals surface area contributed by atoms with Gasteiger partial charge in [0.2, 0.25) is 0 Å². The van der Waals surface area contributed by atoms with Crippen LogP contribution >= 0.6 is 27.3 Å². The molecule has 0 unspecified atom stereocenters. The summed E-state index contributed by atoms with van der Waals surface area (Å²) in [7, 11) is 0. The predicted molar refractivity (Wildman–Crippen MR) is 78.6 cm³/mol. The molecule has 0 spiro atoms. The first kappa shape index (κ1) is 14.8. The number of nitrogens with zero attached hydrogens (tertiary/aromatic N) is 1. The number of halogens is 1. The largest absolute Gasteiger partial charge is 0.444 e. The van der Waals surface area contributed by atoms with Crippen molar-refractivity contribution in [1.29, 1.82) is 0 Å². The van der Waals surface area contributed by atoms with Crippen molar-refractivity contribution < 1.29 is 14.6 Å². The number of amides is 1. The van der Waals surface area contributed by atoms with E-state index in [2.05, 4.69) is 15.9 Å². The van der Waals surface area contributed by atoms with Crippen LogP contribution < -0.4 is 0 Å². The van der Waals surface area contributed by atoms with Gasteiger partial charge in [-0.3, -0.25) is 0 Å². The van der Waals surface area contributed by atoms with Crippen LogP contribution in [0.15, 0.2) is 15.9 Å². The van der Waals surface area contributed by atoms with E-state index in [1.165, 1.54) is 0 Å². The second-order valence-corrected chi connectivity index (χ2v) is 7.49. The average molecular weight is 348 g/mol. The van der Waals surface area contributed by atoms with Gasteiger partial charge in [0.1, 0.15) is 5.60 Å². The molecule has 0 saturated carbocycles. The van der Waals surface area contributed by atoms with Crippen LogP contribution in [0, 0.1) is 0 Å². The van der Waals surface area contributed by atoms with E-state index in [1.807, 2.05) is 32.2 Å². The number of ether oxygens (including phenoxy) is 1. The summed E-state index contributed by atoms with van der Waals surface area (Å²) in [6, 6.07) is 1.96. The maximum Gasteiger partial charge on any atom is 0.410 e. The molecule has 1 N–H and O–H groups in total. The van der Waals surface area contributed by atoms with Gasteiger partial charge in [-0.2, -0.15) is 0 Å². The Morgan fingerprint density at radius 1 is 1.53 bits per heavy atom. The molecule has 1 amide bonds. The monoisotopic (exact) mass is 347 g/mol. The summed E-state index contributed by atoms with van der Waals surface area (Å²) in [5.41, 5.74) is -0.510. The van der Waals surface area contributed by atoms with E-state index in [9.17, 15) is 9.90 Å². The maximum absolute atomic E-state index is 12.0. The zero-order valence-corrected chi connectivity index (χ0v) is 13.6. The Morgan fingerprint density at radius 3 is 2.74 bits per heavy atom. The Balaban J connectivity index is 2.06. The Labute approximate surface area is 125 Å². The van der Waals surface area contributed by atoms with Gasteiger partial charge < -0.3 is 14.7 Å². The zero-order valence-electron chi connectivity index (χ0n) is 11.2. The molecule has 1 aliphatic rings. The smallest absolute Gasteiger partial charge is 0.410 e. The van der Waals surface area contributed by atoms with Crippen LogP contribution in [0.2, 0.25) is 0 Å². The first-order valence-electron chi connectivity index (χ1n) is 6.17. The summed E-state index contributed by atoms with van der Waals surface area (Å²) in [6.45, 7) is 6.33. The number of carbonyl (C=O) groups excluding carboxylic acids is 1. The minimum Gasteiger partial charge on any atom is -0.444 e. The Bertz CT molecular complexity index is 469. The highest BCUT2D eigenvalue weighted by atomic mass is 79.9. The normalized spacial score (nSPS) is 23.7. The number of aliphatic hydroxyl groups excluding tert-OH is 1. The van der Waals surface area contributed by atoms with Crippen LogP contribution in [-0.2, 0) is 4.74 Å². The van der Waals surface area contributed by atoms with E-state index in [4.69, 9.17) is 4.74 Å². The molecule has 1 aromatic heterocycles. The molecule has 106 valence electrons. The summed E-state index contributed by atoms with van der Waals surface area (Å²) in [4.78, 5) is 14.6. The fourth-order valence-electron chi connectivity index (χ4n) is 2.09. The molecule has 4 nitrogen and oxygen atoms in total. The van der Waals surface area contributed by atoms with Gasteiger partial charge >= 0.3 is 6.09 Å². The Kier molecular flexibility index (Phi) is 4.23. The molecule has 2 atom stereocenters. The van der Waals surface area contributed by atoms with Crippen molar-refractivity contribution in [3.05, 3.63) is 20.8 Å². The van der Waals surface area contributed by atoms with E-state index >= 15 is 0 Å². The van der Waals surface area contributed by atoms with Crippen LogP contribution in [0.4, 0.5) is 4.79 Å². The van der Waals surface area contributed by atoms with Gasteiger partial charge in [0, 0.05) is 21.8 Å². The van der Waals surface area contributed by atoms with Gasteiger partial charge in [0.15, 0.2) is 0 Å². The molecule has 0 radical (unpaired) electrons. The number of aliphatic hydroxyl groups is 1. The highest BCUT2D eigenvalue weighted by molar-refractivity contribution is 9.10. The van der Waals surface area contributed by atoms with E-state index < -0.39 is 11.7 Å². The molecule has 2 rings (SSSR count). The van der Waals surface area contributed by atoms with Gasteiger partial charge in [-0.1, -0.05) is 0 Å². The van der Waals surface area contributed by atoms with Crippen molar-refractivity contribution >= 4 is 33.4 Å². The van der Waals surface area contributed by atoms with E-state index in [0.29, 0.717) is 13.1 Å². The second kappa shape index (κ2) is 5.42. The van der Waals surface area contributed by atoms with Crippen LogP contribution in [0.3, 0.4) is 0 Å². The number of hydrogen-bond donors (Lipinski definition) is 1. The average Bonchev–Trinajstić information content (AvgIpc) is 2.82. The lowest BCUT2D eigenvalue weighted by Crippen LogP contribution is -2.35. The third-order valence-electron chi connectivity index (χ3n) is 2.92. The van der Waals surface area contributed by atoms with Crippen LogP contribution in [0.1, 0.15) is 31.6 Å². The maximum atomic E-state index is 12.0. The van der Waals surface area contributed by atoms with Crippen LogP contribution in [-0.4, -0.2) is 40.9 Å². The topological polar surface area (TPSA) is 49.8 Å². The summed E-state index contributed by atoms with van der Waals surface area (Å²) in [5, 5.41) is 12.1. The van der Waals surface area contributed by atoms with Crippen molar-refractivity contribution in [2.24, 2.45) is 0 Å². The molecule has 2 heterocycles. The van der Waals surface area contributed by atoms with E-state index in [1.54, 1.807) is 16.2 Å². The van der Waals surface area contributed by atoms with Crippen molar-refractivity contribution in [3.63, 3.8) is 0 Å². The quantitative estimate of drug-likeness (QED) is 0.848. The molecule has 0 bridgehead atoms. The number of rotatable bonds is 1. The fraction of sp³-hybridized carbons (Fsp3) is 0.615. The SMILES string of the molecule is CC(C)(C)OC(=O)N1C[C@H](c2sccc2Br)[C@@H](O)C1. The number of β-amino-alcohol motifs (C(OH)–C–C–N with tert-alkyl or cyclic N) is 1. The molecular weight excluding hydrogens is 330 g/mol. The second-order valence-electron chi connectivity index (χ2n) is 5.69. The first-order chi connectivity index (χ1) is 8.78. The number of likely N-dealkylation sites (tertiary alicyclic amines) is 1. The van der Waals surface area contributed by atoms with Crippen molar-refractivity contribution in [1.82, 2.24) is 4.90 Å². The van der Waals surface area contributed by atoms with Crippen molar-refractivity contribution in [3.8, 4) is 0 Å². The van der Waals surface area contributed by atoms with Gasteiger partial charge in [-0.25, -0.2) is 4.79 Å².